The summed E-state index contributed by atoms with van der Waals surface area (Å²) in [6.07, 6.45) is 4.62. The molecule has 1 aromatic rings. The van der Waals surface area contributed by atoms with Gasteiger partial charge in [-0.25, -0.2) is 0 Å². The van der Waals surface area contributed by atoms with Gasteiger partial charge < -0.3 is 15.1 Å². The van der Waals surface area contributed by atoms with Crippen molar-refractivity contribution in [2.75, 3.05) is 26.7 Å². The molecule has 5 nitrogen and oxygen atoms in total. The highest BCUT2D eigenvalue weighted by Gasteiger charge is 2.58. The maximum absolute atomic E-state index is 13.3. The van der Waals surface area contributed by atoms with Crippen molar-refractivity contribution in [1.82, 2.24) is 15.1 Å². The standard InChI is InChI=1S/C19H27N3O2S/c1-21-8-2-15(10-17(21)23)18(24)22(12-14-3-9-25-13-14)16-11-19(16)4-6-20-7-5-19/h3,9,13,15-16,20H,2,4-8,10-12H2,1H3. The number of amides is 2. The summed E-state index contributed by atoms with van der Waals surface area (Å²) >= 11 is 1.68. The second-order valence-electron chi connectivity index (χ2n) is 7.94. The van der Waals surface area contributed by atoms with Crippen LogP contribution in [0.1, 0.15) is 37.7 Å². The number of carbonyl (C=O) groups is 2. The average molecular weight is 362 g/mol. The Morgan fingerprint density at radius 1 is 1.44 bits per heavy atom. The number of hydrogen-bond donors (Lipinski definition) is 1. The van der Waals surface area contributed by atoms with Crippen LogP contribution in [0.15, 0.2) is 16.8 Å². The maximum Gasteiger partial charge on any atom is 0.226 e. The Labute approximate surface area is 153 Å². The predicted octanol–water partition coefficient (Wildman–Crippen LogP) is 2.09. The van der Waals surface area contributed by atoms with Crippen molar-refractivity contribution >= 4 is 23.2 Å². The van der Waals surface area contributed by atoms with E-state index in [-0.39, 0.29) is 17.7 Å². The van der Waals surface area contributed by atoms with Gasteiger partial charge in [0.15, 0.2) is 0 Å². The summed E-state index contributed by atoms with van der Waals surface area (Å²) in [5, 5.41) is 7.65. The van der Waals surface area contributed by atoms with Crippen molar-refractivity contribution in [2.45, 2.75) is 44.7 Å². The molecule has 2 saturated heterocycles. The van der Waals surface area contributed by atoms with Crippen LogP contribution >= 0.6 is 11.3 Å². The zero-order valence-electron chi connectivity index (χ0n) is 14.9. The van der Waals surface area contributed by atoms with E-state index >= 15 is 0 Å². The van der Waals surface area contributed by atoms with E-state index in [1.54, 1.807) is 16.2 Å². The van der Waals surface area contributed by atoms with E-state index in [2.05, 4.69) is 27.0 Å². The molecule has 6 heteroatoms. The molecule has 1 aliphatic carbocycles. The Bertz CT molecular complexity index is 639. The Kier molecular flexibility index (Phi) is 4.58. The third kappa shape index (κ3) is 3.34. The van der Waals surface area contributed by atoms with Gasteiger partial charge in [-0.2, -0.15) is 11.3 Å². The van der Waals surface area contributed by atoms with E-state index in [4.69, 9.17) is 0 Å². The van der Waals surface area contributed by atoms with E-state index in [1.165, 1.54) is 5.56 Å². The van der Waals surface area contributed by atoms with Gasteiger partial charge in [-0.1, -0.05) is 0 Å². The number of carbonyl (C=O) groups excluding carboxylic acids is 2. The Hall–Kier alpha value is -1.40. The molecule has 1 spiro atoms. The van der Waals surface area contributed by atoms with Gasteiger partial charge in [-0.3, -0.25) is 9.59 Å². The Balaban J connectivity index is 1.51. The molecule has 2 atom stereocenters. The van der Waals surface area contributed by atoms with Gasteiger partial charge in [0.05, 0.1) is 0 Å². The fourth-order valence-electron chi connectivity index (χ4n) is 4.54. The Morgan fingerprint density at radius 2 is 2.24 bits per heavy atom. The molecule has 1 aromatic heterocycles. The lowest BCUT2D eigenvalue weighted by Crippen LogP contribution is -2.46. The number of rotatable bonds is 4. The minimum atomic E-state index is -0.137. The molecule has 3 fully saturated rings. The molecule has 2 aliphatic heterocycles. The van der Waals surface area contributed by atoms with Crippen molar-refractivity contribution in [3.05, 3.63) is 22.4 Å². The van der Waals surface area contributed by atoms with Crippen LogP contribution in [0.2, 0.25) is 0 Å². The summed E-state index contributed by atoms with van der Waals surface area (Å²) in [7, 11) is 1.83. The van der Waals surface area contributed by atoms with Crippen LogP contribution in [0.5, 0.6) is 0 Å². The summed E-state index contributed by atoms with van der Waals surface area (Å²) in [4.78, 5) is 29.3. The highest BCUT2D eigenvalue weighted by atomic mass is 32.1. The third-order valence-electron chi connectivity index (χ3n) is 6.35. The zero-order valence-corrected chi connectivity index (χ0v) is 15.7. The van der Waals surface area contributed by atoms with Crippen molar-refractivity contribution in [1.29, 1.82) is 0 Å². The van der Waals surface area contributed by atoms with Crippen LogP contribution in [0.4, 0.5) is 0 Å². The third-order valence-corrected chi connectivity index (χ3v) is 7.08. The van der Waals surface area contributed by atoms with E-state index < -0.39 is 0 Å². The molecule has 2 unspecified atom stereocenters. The van der Waals surface area contributed by atoms with Crippen molar-refractivity contribution in [3.8, 4) is 0 Å². The fraction of sp³-hybridized carbons (Fsp3) is 0.684. The van der Waals surface area contributed by atoms with E-state index in [1.807, 2.05) is 7.05 Å². The highest BCUT2D eigenvalue weighted by Crippen LogP contribution is 2.56. The molecule has 0 aromatic carbocycles. The number of thiophene rings is 1. The Morgan fingerprint density at radius 3 is 2.92 bits per heavy atom. The van der Waals surface area contributed by atoms with Gasteiger partial charge in [0.1, 0.15) is 0 Å². The molecule has 1 saturated carbocycles. The minimum Gasteiger partial charge on any atom is -0.346 e. The average Bonchev–Trinajstić information content (AvgIpc) is 3.06. The predicted molar refractivity (Wildman–Crippen MR) is 98.2 cm³/mol. The minimum absolute atomic E-state index is 0.104. The molecule has 2 amide bonds. The molecule has 0 bridgehead atoms. The van der Waals surface area contributed by atoms with Crippen LogP contribution in [0.3, 0.4) is 0 Å². The number of nitrogens with zero attached hydrogens (tertiary/aromatic N) is 2. The molecule has 136 valence electrons. The van der Waals surface area contributed by atoms with Crippen LogP contribution < -0.4 is 5.32 Å². The van der Waals surface area contributed by atoms with Crippen molar-refractivity contribution in [2.24, 2.45) is 11.3 Å². The van der Waals surface area contributed by atoms with E-state index in [0.29, 0.717) is 31.0 Å². The molecule has 3 aliphatic rings. The quantitative estimate of drug-likeness (QED) is 0.893. The van der Waals surface area contributed by atoms with Crippen LogP contribution in [-0.2, 0) is 16.1 Å². The zero-order chi connectivity index (χ0) is 17.4. The number of hydrogen-bond acceptors (Lipinski definition) is 4. The highest BCUT2D eigenvalue weighted by molar-refractivity contribution is 7.07. The normalized spacial score (nSPS) is 28.2. The molecular weight excluding hydrogens is 334 g/mol. The van der Waals surface area contributed by atoms with Crippen molar-refractivity contribution in [3.63, 3.8) is 0 Å². The second kappa shape index (κ2) is 6.72. The SMILES string of the molecule is CN1CCC(C(=O)N(Cc2ccsc2)C2CC23CCNCC3)CC1=O. The molecule has 3 heterocycles. The summed E-state index contributed by atoms with van der Waals surface area (Å²) in [5.41, 5.74) is 1.54. The van der Waals surface area contributed by atoms with Gasteiger partial charge in [-0.05, 0) is 66.6 Å². The summed E-state index contributed by atoms with van der Waals surface area (Å²) in [6, 6.07) is 2.47. The first-order chi connectivity index (χ1) is 12.1. The molecule has 0 radical (unpaired) electrons. The number of likely N-dealkylation sites (tertiary alicyclic amines) is 1. The molecular formula is C19H27N3O2S. The van der Waals surface area contributed by atoms with Gasteiger partial charge in [-0.15, -0.1) is 0 Å². The largest absolute Gasteiger partial charge is 0.346 e. The van der Waals surface area contributed by atoms with E-state index in [0.717, 1.165) is 38.8 Å². The van der Waals surface area contributed by atoms with Gasteiger partial charge in [0, 0.05) is 38.5 Å². The molecule has 25 heavy (non-hydrogen) atoms. The second-order valence-corrected chi connectivity index (χ2v) is 8.72. The molecule has 1 N–H and O–H groups in total. The van der Waals surface area contributed by atoms with Crippen molar-refractivity contribution < 1.29 is 9.59 Å². The van der Waals surface area contributed by atoms with Gasteiger partial charge >= 0.3 is 0 Å². The topological polar surface area (TPSA) is 52.7 Å². The number of nitrogens with one attached hydrogen (secondary N) is 1. The lowest BCUT2D eigenvalue weighted by Gasteiger charge is -2.34. The maximum atomic E-state index is 13.3. The fourth-order valence-corrected chi connectivity index (χ4v) is 5.20. The number of piperidine rings is 2. The summed E-state index contributed by atoms with van der Waals surface area (Å²) < 4.78 is 0. The summed E-state index contributed by atoms with van der Waals surface area (Å²) in [5.74, 6) is 0.169. The first kappa shape index (κ1) is 17.0. The monoisotopic (exact) mass is 361 g/mol. The lowest BCUT2D eigenvalue weighted by atomic mass is 9.91. The smallest absolute Gasteiger partial charge is 0.226 e. The lowest BCUT2D eigenvalue weighted by molar-refractivity contribution is -0.145. The first-order valence-corrected chi connectivity index (χ1v) is 10.3. The van der Waals surface area contributed by atoms with E-state index in [9.17, 15) is 9.59 Å². The van der Waals surface area contributed by atoms with Crippen LogP contribution in [0.25, 0.3) is 0 Å². The summed E-state index contributed by atoms with van der Waals surface area (Å²) in [6.45, 7) is 3.51. The van der Waals surface area contributed by atoms with Gasteiger partial charge in [0.2, 0.25) is 11.8 Å². The first-order valence-electron chi connectivity index (χ1n) is 9.35. The van der Waals surface area contributed by atoms with Gasteiger partial charge in [0.25, 0.3) is 0 Å². The van der Waals surface area contributed by atoms with Crippen LogP contribution in [-0.4, -0.2) is 54.3 Å². The van der Waals surface area contributed by atoms with Crippen LogP contribution in [0, 0.1) is 11.3 Å². The molecule has 4 rings (SSSR count).